The third-order valence-corrected chi connectivity index (χ3v) is 1.06. The zero-order chi connectivity index (χ0) is 6.41. The number of aliphatic hydroxyl groups excluding tert-OH is 1. The van der Waals surface area contributed by atoms with Crippen LogP contribution in [0.15, 0.2) is 11.6 Å². The topological polar surface area (TPSA) is 59.1 Å². The smallest absolute Gasteiger partial charge is 0.179 e. The lowest BCUT2D eigenvalue weighted by Crippen LogP contribution is -1.77. The molecule has 0 aromatic carbocycles. The van der Waals surface area contributed by atoms with Crippen molar-refractivity contribution in [1.29, 1.82) is 0 Å². The van der Waals surface area contributed by atoms with Gasteiger partial charge in [0, 0.05) is 18.7 Å². The number of hydrogen-bond donors (Lipinski definition) is 2. The summed E-state index contributed by atoms with van der Waals surface area (Å²) in [6, 6.07) is 0. The van der Waals surface area contributed by atoms with Crippen molar-refractivity contribution in [3.63, 3.8) is 0 Å². The number of hydrogen-bond acceptors (Lipinski definition) is 4. The number of thiazole rings is 1. The zero-order valence-corrected chi connectivity index (χ0v) is 5.35. The van der Waals surface area contributed by atoms with Crippen LogP contribution in [0.3, 0.4) is 0 Å². The summed E-state index contributed by atoms with van der Waals surface area (Å²) in [7, 11) is 1.00. The fourth-order valence-corrected chi connectivity index (χ4v) is 0.617. The minimum atomic E-state index is 0.634. The van der Waals surface area contributed by atoms with Gasteiger partial charge >= 0.3 is 0 Å². The van der Waals surface area contributed by atoms with Crippen LogP contribution < -0.4 is 5.73 Å². The molecule has 0 amide bonds. The number of aliphatic hydroxyl groups is 1. The van der Waals surface area contributed by atoms with Gasteiger partial charge in [-0.3, -0.25) is 0 Å². The van der Waals surface area contributed by atoms with E-state index in [-0.39, 0.29) is 0 Å². The highest BCUT2D eigenvalue weighted by Gasteiger charge is 1.76. The Labute approximate surface area is 51.8 Å². The molecule has 0 saturated carbocycles. The molecule has 8 heavy (non-hydrogen) atoms. The molecule has 4 heteroatoms. The molecule has 1 rings (SSSR count). The summed E-state index contributed by atoms with van der Waals surface area (Å²) in [6.45, 7) is 0. The zero-order valence-electron chi connectivity index (χ0n) is 4.53. The molecular formula is C4H8N2OS. The second kappa shape index (κ2) is 4.55. The van der Waals surface area contributed by atoms with Crippen LogP contribution >= 0.6 is 11.3 Å². The molecule has 3 nitrogen and oxygen atoms in total. The van der Waals surface area contributed by atoms with Crippen LogP contribution in [0.1, 0.15) is 0 Å². The summed E-state index contributed by atoms with van der Waals surface area (Å²) in [5.74, 6) is 0. The SMILES string of the molecule is CO.Nc1nccs1. The first-order chi connectivity index (χ1) is 3.89. The van der Waals surface area contributed by atoms with Gasteiger partial charge in [0.15, 0.2) is 5.13 Å². The Morgan fingerprint density at radius 1 is 1.75 bits per heavy atom. The lowest BCUT2D eigenvalue weighted by molar-refractivity contribution is 0.399. The van der Waals surface area contributed by atoms with Gasteiger partial charge in [0.25, 0.3) is 0 Å². The second-order valence-corrected chi connectivity index (χ2v) is 1.80. The van der Waals surface area contributed by atoms with Crippen LogP contribution in [-0.2, 0) is 0 Å². The Hall–Kier alpha value is -0.610. The van der Waals surface area contributed by atoms with Crippen LogP contribution in [0.25, 0.3) is 0 Å². The van der Waals surface area contributed by atoms with Crippen LogP contribution in [0.5, 0.6) is 0 Å². The molecule has 1 heterocycles. The highest BCUT2D eigenvalue weighted by Crippen LogP contribution is 2.02. The lowest BCUT2D eigenvalue weighted by Gasteiger charge is -1.67. The molecule has 3 N–H and O–H groups in total. The van der Waals surface area contributed by atoms with Gasteiger partial charge in [-0.25, -0.2) is 4.98 Å². The lowest BCUT2D eigenvalue weighted by atomic mass is 11.0. The van der Waals surface area contributed by atoms with Gasteiger partial charge < -0.3 is 10.8 Å². The molecule has 0 saturated heterocycles. The Morgan fingerprint density at radius 2 is 2.38 bits per heavy atom. The number of nitrogens with zero attached hydrogens (tertiary/aromatic N) is 1. The fourth-order valence-electron chi connectivity index (χ4n) is 0.234. The molecule has 1 aromatic rings. The maximum atomic E-state index is 7.00. The summed E-state index contributed by atoms with van der Waals surface area (Å²) in [5, 5.41) is 9.48. The van der Waals surface area contributed by atoms with E-state index >= 15 is 0 Å². The molecule has 46 valence electrons. The second-order valence-electron chi connectivity index (χ2n) is 0.870. The number of anilines is 1. The average Bonchev–Trinajstić information content (AvgIpc) is 2.24. The third-order valence-electron chi connectivity index (χ3n) is 0.451. The van der Waals surface area contributed by atoms with Crippen molar-refractivity contribution in [3.05, 3.63) is 11.6 Å². The van der Waals surface area contributed by atoms with Crippen LogP contribution in [0, 0.1) is 0 Å². The van der Waals surface area contributed by atoms with Crippen LogP contribution in [0.2, 0.25) is 0 Å². The molecule has 0 atom stereocenters. The van der Waals surface area contributed by atoms with E-state index in [0.29, 0.717) is 5.13 Å². The van der Waals surface area contributed by atoms with Gasteiger partial charge in [0.1, 0.15) is 0 Å². The monoisotopic (exact) mass is 132 g/mol. The highest BCUT2D eigenvalue weighted by atomic mass is 32.1. The largest absolute Gasteiger partial charge is 0.400 e. The molecule has 0 aliphatic carbocycles. The number of rotatable bonds is 0. The fraction of sp³-hybridized carbons (Fsp3) is 0.250. The van der Waals surface area contributed by atoms with Crippen LogP contribution in [-0.4, -0.2) is 17.2 Å². The third kappa shape index (κ3) is 2.54. The summed E-state index contributed by atoms with van der Waals surface area (Å²) in [4.78, 5) is 3.71. The van der Waals surface area contributed by atoms with Crippen molar-refractivity contribution in [2.75, 3.05) is 12.8 Å². The maximum Gasteiger partial charge on any atom is 0.179 e. The summed E-state index contributed by atoms with van der Waals surface area (Å²) in [5.41, 5.74) is 5.19. The van der Waals surface area contributed by atoms with E-state index in [0.717, 1.165) is 7.11 Å². The molecule has 0 spiro atoms. The van der Waals surface area contributed by atoms with E-state index in [1.54, 1.807) is 6.20 Å². The van der Waals surface area contributed by atoms with Crippen LogP contribution in [0.4, 0.5) is 5.13 Å². The Balaban J connectivity index is 0.000000222. The van der Waals surface area contributed by atoms with E-state index in [1.807, 2.05) is 5.38 Å². The first-order valence-electron chi connectivity index (χ1n) is 1.99. The van der Waals surface area contributed by atoms with E-state index in [4.69, 9.17) is 10.8 Å². The van der Waals surface area contributed by atoms with Crippen molar-refractivity contribution in [1.82, 2.24) is 4.98 Å². The van der Waals surface area contributed by atoms with Crippen molar-refractivity contribution in [2.45, 2.75) is 0 Å². The predicted octanol–water partition coefficient (Wildman–Crippen LogP) is 0.334. The molecule has 0 aliphatic heterocycles. The Morgan fingerprint density at radius 3 is 2.50 bits per heavy atom. The van der Waals surface area contributed by atoms with Gasteiger partial charge in [0.2, 0.25) is 0 Å². The number of nitrogen functional groups attached to an aromatic ring is 1. The van der Waals surface area contributed by atoms with Gasteiger partial charge in [-0.1, -0.05) is 0 Å². The highest BCUT2D eigenvalue weighted by molar-refractivity contribution is 7.13. The first kappa shape index (κ1) is 7.39. The Bertz CT molecular complexity index is 118. The molecule has 0 fully saturated rings. The van der Waals surface area contributed by atoms with Gasteiger partial charge in [-0.05, 0) is 0 Å². The first-order valence-corrected chi connectivity index (χ1v) is 2.87. The van der Waals surface area contributed by atoms with Gasteiger partial charge in [-0.2, -0.15) is 0 Å². The summed E-state index contributed by atoms with van der Waals surface area (Å²) < 4.78 is 0. The molecule has 0 unspecified atom stereocenters. The molecule has 1 aromatic heterocycles. The minimum Gasteiger partial charge on any atom is -0.400 e. The van der Waals surface area contributed by atoms with Crippen molar-refractivity contribution < 1.29 is 5.11 Å². The van der Waals surface area contributed by atoms with E-state index in [1.165, 1.54) is 11.3 Å². The average molecular weight is 132 g/mol. The quantitative estimate of drug-likeness (QED) is 0.535. The van der Waals surface area contributed by atoms with E-state index < -0.39 is 0 Å². The molecular weight excluding hydrogens is 124 g/mol. The van der Waals surface area contributed by atoms with Crippen molar-refractivity contribution >= 4 is 16.5 Å². The summed E-state index contributed by atoms with van der Waals surface area (Å²) in [6.07, 6.45) is 1.68. The van der Waals surface area contributed by atoms with E-state index in [2.05, 4.69) is 4.98 Å². The predicted molar refractivity (Wildman–Crippen MR) is 34.7 cm³/mol. The molecule has 0 aliphatic rings. The van der Waals surface area contributed by atoms with Crippen molar-refractivity contribution in [3.8, 4) is 0 Å². The van der Waals surface area contributed by atoms with Gasteiger partial charge in [0.05, 0.1) is 0 Å². The van der Waals surface area contributed by atoms with Gasteiger partial charge in [-0.15, -0.1) is 11.3 Å². The molecule has 0 radical (unpaired) electrons. The summed E-state index contributed by atoms with van der Waals surface area (Å²) >= 11 is 1.44. The Kier molecular flexibility index (Phi) is 4.20. The standard InChI is InChI=1S/C3H4N2S.CH4O/c4-3-5-1-2-6-3;1-2/h1-2H,(H2,4,5);2H,1H3. The normalized spacial score (nSPS) is 7.25. The maximum absolute atomic E-state index is 7.00. The number of aromatic nitrogens is 1. The van der Waals surface area contributed by atoms with Crippen molar-refractivity contribution in [2.24, 2.45) is 0 Å². The minimum absolute atomic E-state index is 0.634. The number of nitrogens with two attached hydrogens (primary N) is 1. The van der Waals surface area contributed by atoms with E-state index in [9.17, 15) is 0 Å². The molecule has 0 bridgehead atoms.